The summed E-state index contributed by atoms with van der Waals surface area (Å²) in [6, 6.07) is 10.3. The molecule has 0 saturated carbocycles. The van der Waals surface area contributed by atoms with E-state index in [1.807, 2.05) is 36.6 Å². The summed E-state index contributed by atoms with van der Waals surface area (Å²) in [4.78, 5) is 62.5. The number of carboxylic acids is 1. The third-order valence-electron chi connectivity index (χ3n) is 6.18. The molecule has 12 nitrogen and oxygen atoms in total. The zero-order valence-corrected chi connectivity index (χ0v) is 23.6. The second-order valence-corrected chi connectivity index (χ2v) is 10.5. The van der Waals surface area contributed by atoms with Crippen molar-refractivity contribution in [1.29, 1.82) is 0 Å². The van der Waals surface area contributed by atoms with Gasteiger partial charge in [-0.3, -0.25) is 19.2 Å². The van der Waals surface area contributed by atoms with Gasteiger partial charge in [-0.2, -0.15) is 11.8 Å². The lowest BCUT2D eigenvalue weighted by Crippen LogP contribution is -2.57. The predicted octanol–water partition coefficient (Wildman–Crippen LogP) is 0.0623. The van der Waals surface area contributed by atoms with Crippen LogP contribution in [-0.4, -0.2) is 76.0 Å². The quantitative estimate of drug-likeness (QED) is 0.133. The molecule has 0 aromatic heterocycles. The Morgan fingerprint density at radius 3 is 1.88 bits per heavy atom. The minimum Gasteiger partial charge on any atom is -0.508 e. The van der Waals surface area contributed by atoms with Crippen LogP contribution in [0.4, 0.5) is 0 Å². The first-order chi connectivity index (χ1) is 19.5. The third kappa shape index (κ3) is 11.9. The highest BCUT2D eigenvalue weighted by molar-refractivity contribution is 7.98. The van der Waals surface area contributed by atoms with Crippen molar-refractivity contribution < 1.29 is 34.2 Å². The Bertz CT molecular complexity index is 1180. The average molecular weight is 588 g/mol. The van der Waals surface area contributed by atoms with Crippen molar-refractivity contribution in [3.05, 3.63) is 65.7 Å². The van der Waals surface area contributed by atoms with E-state index in [9.17, 15) is 34.2 Å². The van der Waals surface area contributed by atoms with Gasteiger partial charge in [0.2, 0.25) is 23.6 Å². The lowest BCUT2D eigenvalue weighted by atomic mass is 10.0. The molecule has 0 spiro atoms. The van der Waals surface area contributed by atoms with Gasteiger partial charge >= 0.3 is 5.97 Å². The van der Waals surface area contributed by atoms with Gasteiger partial charge in [0.1, 0.15) is 23.9 Å². The Morgan fingerprint density at radius 2 is 1.32 bits per heavy atom. The summed E-state index contributed by atoms with van der Waals surface area (Å²) >= 11 is 1.42. The fraction of sp³-hybridized carbons (Fsp3) is 0.393. The SMILES string of the molecule is CSCCC(NC(=O)C(CCC(N)=O)NC(=O)C(N)Cc1ccccc1)C(=O)NC(Cc1ccc(O)cc1)C(=O)O. The zero-order valence-electron chi connectivity index (χ0n) is 22.7. The minimum atomic E-state index is -1.30. The number of thioether (sulfide) groups is 1. The zero-order chi connectivity index (χ0) is 30.4. The van der Waals surface area contributed by atoms with Gasteiger partial charge in [0.15, 0.2) is 0 Å². The Hall–Kier alpha value is -4.10. The van der Waals surface area contributed by atoms with Gasteiger partial charge in [0.25, 0.3) is 0 Å². The Balaban J connectivity index is 2.13. The van der Waals surface area contributed by atoms with Crippen molar-refractivity contribution in [2.24, 2.45) is 11.5 Å². The molecule has 222 valence electrons. The summed E-state index contributed by atoms with van der Waals surface area (Å²) in [5.74, 6) is -3.56. The molecule has 0 bridgehead atoms. The van der Waals surface area contributed by atoms with E-state index in [-0.39, 0.29) is 37.9 Å². The lowest BCUT2D eigenvalue weighted by molar-refractivity contribution is -0.142. The highest BCUT2D eigenvalue weighted by atomic mass is 32.2. The van der Waals surface area contributed by atoms with E-state index >= 15 is 0 Å². The molecule has 9 N–H and O–H groups in total. The van der Waals surface area contributed by atoms with Crippen molar-refractivity contribution in [3.63, 3.8) is 0 Å². The van der Waals surface area contributed by atoms with Gasteiger partial charge < -0.3 is 37.6 Å². The number of amides is 4. The Labute approximate surface area is 242 Å². The third-order valence-corrected chi connectivity index (χ3v) is 6.83. The van der Waals surface area contributed by atoms with Crippen LogP contribution in [0.15, 0.2) is 54.6 Å². The second kappa shape index (κ2) is 16.9. The van der Waals surface area contributed by atoms with Gasteiger partial charge in [0, 0.05) is 12.8 Å². The van der Waals surface area contributed by atoms with Crippen LogP contribution in [0.25, 0.3) is 0 Å². The summed E-state index contributed by atoms with van der Waals surface area (Å²) in [6.45, 7) is 0. The molecule has 0 aliphatic carbocycles. The van der Waals surface area contributed by atoms with E-state index in [0.717, 1.165) is 5.56 Å². The van der Waals surface area contributed by atoms with E-state index in [2.05, 4.69) is 16.0 Å². The molecular formula is C28H37N5O7S. The standard InChI is InChI=1S/C28H37N5O7S/c1-41-14-13-22(27(38)33-23(28(39)40)16-18-7-9-19(34)10-8-18)32-26(37)21(11-12-24(30)35)31-25(36)20(29)15-17-5-3-2-4-6-17/h2-10,20-23,34H,11-16,29H2,1H3,(H2,30,35)(H,31,36)(H,32,37)(H,33,38)(H,39,40). The number of phenolic OH excluding ortho intramolecular Hbond substituents is 1. The predicted molar refractivity (Wildman–Crippen MR) is 155 cm³/mol. The summed E-state index contributed by atoms with van der Waals surface area (Å²) < 4.78 is 0. The number of carbonyl (C=O) groups excluding carboxylic acids is 4. The Morgan fingerprint density at radius 1 is 0.780 bits per heavy atom. The van der Waals surface area contributed by atoms with Crippen molar-refractivity contribution in [1.82, 2.24) is 16.0 Å². The van der Waals surface area contributed by atoms with Crippen LogP contribution in [0, 0.1) is 0 Å². The fourth-order valence-electron chi connectivity index (χ4n) is 3.91. The molecule has 4 amide bonds. The number of benzene rings is 2. The monoisotopic (exact) mass is 587 g/mol. The minimum absolute atomic E-state index is 0.0171. The van der Waals surface area contributed by atoms with Crippen LogP contribution in [0.3, 0.4) is 0 Å². The second-order valence-electron chi connectivity index (χ2n) is 9.48. The van der Waals surface area contributed by atoms with E-state index < -0.39 is 53.8 Å². The topological polar surface area (TPSA) is 214 Å². The molecule has 2 rings (SSSR count). The van der Waals surface area contributed by atoms with E-state index in [1.54, 1.807) is 12.1 Å². The van der Waals surface area contributed by atoms with Gasteiger partial charge in [0.05, 0.1) is 6.04 Å². The van der Waals surface area contributed by atoms with E-state index in [4.69, 9.17) is 11.5 Å². The Kier molecular flexibility index (Phi) is 13.6. The number of carboxylic acid groups (broad SMARTS) is 1. The maximum absolute atomic E-state index is 13.2. The molecule has 41 heavy (non-hydrogen) atoms. The van der Waals surface area contributed by atoms with Crippen LogP contribution in [0.5, 0.6) is 5.75 Å². The molecule has 13 heteroatoms. The first kappa shape index (κ1) is 33.1. The highest BCUT2D eigenvalue weighted by Gasteiger charge is 2.30. The first-order valence-corrected chi connectivity index (χ1v) is 14.4. The smallest absolute Gasteiger partial charge is 0.326 e. The van der Waals surface area contributed by atoms with Gasteiger partial charge in [-0.1, -0.05) is 42.5 Å². The summed E-state index contributed by atoms with van der Waals surface area (Å²) in [6.07, 6.45) is 1.82. The molecule has 4 unspecified atom stereocenters. The van der Waals surface area contributed by atoms with Gasteiger partial charge in [-0.25, -0.2) is 4.79 Å². The largest absolute Gasteiger partial charge is 0.508 e. The highest BCUT2D eigenvalue weighted by Crippen LogP contribution is 2.12. The number of primary amides is 1. The van der Waals surface area contributed by atoms with Gasteiger partial charge in [-0.05, 0) is 54.5 Å². The number of rotatable bonds is 17. The molecule has 2 aromatic carbocycles. The molecule has 4 atom stereocenters. The van der Waals surface area contributed by atoms with E-state index in [0.29, 0.717) is 11.3 Å². The van der Waals surface area contributed by atoms with Crippen molar-refractivity contribution in [2.75, 3.05) is 12.0 Å². The number of nitrogens with two attached hydrogens (primary N) is 2. The first-order valence-electron chi connectivity index (χ1n) is 13.0. The molecular weight excluding hydrogens is 550 g/mol. The maximum atomic E-state index is 13.2. The number of aromatic hydroxyl groups is 1. The molecule has 0 aliphatic heterocycles. The number of aliphatic carboxylic acids is 1. The molecule has 0 fully saturated rings. The summed E-state index contributed by atoms with van der Waals surface area (Å²) in [5, 5.41) is 26.8. The average Bonchev–Trinajstić information content (AvgIpc) is 2.93. The molecule has 0 aliphatic rings. The van der Waals surface area contributed by atoms with Crippen LogP contribution in [0.2, 0.25) is 0 Å². The number of hydrogen-bond donors (Lipinski definition) is 7. The molecule has 0 saturated heterocycles. The molecule has 0 radical (unpaired) electrons. The molecule has 2 aromatic rings. The van der Waals surface area contributed by atoms with Crippen molar-refractivity contribution in [2.45, 2.75) is 56.3 Å². The number of hydrogen-bond acceptors (Lipinski definition) is 8. The number of phenols is 1. The van der Waals surface area contributed by atoms with Crippen LogP contribution >= 0.6 is 11.8 Å². The van der Waals surface area contributed by atoms with Crippen LogP contribution in [-0.2, 0) is 36.8 Å². The van der Waals surface area contributed by atoms with Gasteiger partial charge in [-0.15, -0.1) is 0 Å². The normalized spacial score (nSPS) is 13.7. The van der Waals surface area contributed by atoms with Crippen LogP contribution in [0.1, 0.15) is 30.4 Å². The van der Waals surface area contributed by atoms with Crippen molar-refractivity contribution >= 4 is 41.4 Å². The summed E-state index contributed by atoms with van der Waals surface area (Å²) in [5.41, 5.74) is 12.7. The number of carbonyl (C=O) groups is 5. The fourth-order valence-corrected chi connectivity index (χ4v) is 4.38. The lowest BCUT2D eigenvalue weighted by Gasteiger charge is -2.25. The maximum Gasteiger partial charge on any atom is 0.326 e. The van der Waals surface area contributed by atoms with Crippen LogP contribution < -0.4 is 27.4 Å². The van der Waals surface area contributed by atoms with E-state index in [1.165, 1.54) is 23.9 Å². The molecule has 0 heterocycles. The summed E-state index contributed by atoms with van der Waals surface area (Å²) in [7, 11) is 0. The number of nitrogens with one attached hydrogen (secondary N) is 3. The van der Waals surface area contributed by atoms with Crippen molar-refractivity contribution in [3.8, 4) is 5.75 Å².